The minimum atomic E-state index is -4.49. The number of benzene rings is 1. The summed E-state index contributed by atoms with van der Waals surface area (Å²) in [6, 6.07) is 14.4. The molecule has 2 rings (SSSR count). The first-order chi connectivity index (χ1) is 12.7. The molecule has 0 saturated carbocycles. The zero-order valence-corrected chi connectivity index (χ0v) is 17.1. The Morgan fingerprint density at radius 3 is 2.63 bits per heavy atom. The molecule has 1 aromatic heterocycles. The van der Waals surface area contributed by atoms with Crippen molar-refractivity contribution in [3.63, 3.8) is 0 Å². The van der Waals surface area contributed by atoms with Gasteiger partial charge in [0, 0.05) is 16.8 Å². The van der Waals surface area contributed by atoms with Crippen molar-refractivity contribution in [1.29, 1.82) is 0 Å². The minimum Gasteiger partial charge on any atom is -0.323 e. The van der Waals surface area contributed by atoms with Gasteiger partial charge in [-0.15, -0.1) is 11.3 Å². The van der Waals surface area contributed by atoms with Crippen molar-refractivity contribution >= 4 is 19.2 Å². The van der Waals surface area contributed by atoms with E-state index in [0.717, 1.165) is 35.4 Å². The van der Waals surface area contributed by atoms with Crippen LogP contribution in [0.3, 0.4) is 0 Å². The van der Waals surface area contributed by atoms with Gasteiger partial charge in [0.05, 0.1) is 11.5 Å². The predicted molar refractivity (Wildman–Crippen MR) is 109 cm³/mol. The van der Waals surface area contributed by atoms with Crippen molar-refractivity contribution in [1.82, 2.24) is 0 Å². The predicted octanol–water partition coefficient (Wildman–Crippen LogP) is 3.88. The quantitative estimate of drug-likeness (QED) is 0.333. The molecule has 0 radical (unpaired) electrons. The van der Waals surface area contributed by atoms with Crippen molar-refractivity contribution in [2.75, 3.05) is 6.61 Å². The van der Waals surface area contributed by atoms with E-state index < -0.39 is 13.4 Å². The number of phosphoric acid groups is 1. The van der Waals surface area contributed by atoms with Crippen LogP contribution in [0.4, 0.5) is 0 Å². The highest BCUT2D eigenvalue weighted by atomic mass is 32.1. The molecule has 0 spiro atoms. The summed E-state index contributed by atoms with van der Waals surface area (Å²) in [5, 5.41) is 0. The van der Waals surface area contributed by atoms with Crippen molar-refractivity contribution < 1.29 is 18.9 Å². The van der Waals surface area contributed by atoms with Crippen LogP contribution < -0.4 is 5.73 Å². The van der Waals surface area contributed by atoms with E-state index in [1.165, 1.54) is 5.56 Å². The largest absolute Gasteiger partial charge is 0.469 e. The minimum absolute atomic E-state index is 0.184. The van der Waals surface area contributed by atoms with Gasteiger partial charge in [0.2, 0.25) is 0 Å². The molecule has 2 aromatic rings. The summed E-state index contributed by atoms with van der Waals surface area (Å²) in [7, 11) is -4.49. The molecular weight excluding hydrogens is 381 g/mol. The van der Waals surface area contributed by atoms with Crippen LogP contribution in [0.2, 0.25) is 0 Å². The number of rotatable bonds is 9. The fourth-order valence-electron chi connectivity index (χ4n) is 2.47. The van der Waals surface area contributed by atoms with Gasteiger partial charge in [-0.2, -0.15) is 0 Å². The summed E-state index contributed by atoms with van der Waals surface area (Å²) < 4.78 is 15.3. The molecule has 0 saturated heterocycles. The first-order valence-corrected chi connectivity index (χ1v) is 11.2. The zero-order valence-electron chi connectivity index (χ0n) is 15.4. The third-order valence-corrected chi connectivity index (χ3v) is 5.51. The standard InChI is InChI=1S/C20H26NO4PS/c1-20(21,16-25-26(22,23)24)15-14-19-13-12-18(27-19)11-7-3-6-10-17-8-4-2-5-9-17/h2,4-5,8-9,12-13H,3,6,10,14-16,21H2,1H3,(H2,22,23,24). The Morgan fingerprint density at radius 1 is 1.19 bits per heavy atom. The van der Waals surface area contributed by atoms with Crippen molar-refractivity contribution in [3.8, 4) is 11.8 Å². The second-order valence-electron chi connectivity index (χ2n) is 6.82. The van der Waals surface area contributed by atoms with Crippen molar-refractivity contribution in [3.05, 3.63) is 57.8 Å². The number of nitrogens with two attached hydrogens (primary N) is 1. The van der Waals surface area contributed by atoms with Crippen LogP contribution in [0.1, 0.15) is 41.5 Å². The molecule has 0 aliphatic rings. The Labute approximate surface area is 164 Å². The second-order valence-corrected chi connectivity index (χ2v) is 9.23. The van der Waals surface area contributed by atoms with Crippen LogP contribution in [0, 0.1) is 11.8 Å². The molecule has 1 unspecified atom stereocenters. The molecule has 27 heavy (non-hydrogen) atoms. The second kappa shape index (κ2) is 10.2. The summed E-state index contributed by atoms with van der Waals surface area (Å²) in [6.45, 7) is 1.54. The zero-order chi connectivity index (χ0) is 19.8. The van der Waals surface area contributed by atoms with Crippen molar-refractivity contribution in [2.45, 2.75) is 44.6 Å². The summed E-state index contributed by atoms with van der Waals surface area (Å²) in [6.07, 6.45) is 4.23. The van der Waals surface area contributed by atoms with Gasteiger partial charge in [0.25, 0.3) is 0 Å². The smallest absolute Gasteiger partial charge is 0.323 e. The van der Waals surface area contributed by atoms with Gasteiger partial charge in [-0.1, -0.05) is 42.2 Å². The molecule has 0 amide bonds. The Balaban J connectivity index is 1.74. The number of unbranched alkanes of at least 4 members (excludes halogenated alkanes) is 1. The molecule has 1 atom stereocenters. The van der Waals surface area contributed by atoms with E-state index in [-0.39, 0.29) is 6.61 Å². The van der Waals surface area contributed by atoms with Gasteiger partial charge in [-0.3, -0.25) is 4.52 Å². The third-order valence-electron chi connectivity index (χ3n) is 3.99. The van der Waals surface area contributed by atoms with E-state index in [1.807, 2.05) is 18.2 Å². The Morgan fingerprint density at radius 2 is 1.93 bits per heavy atom. The van der Waals surface area contributed by atoms with Gasteiger partial charge < -0.3 is 15.5 Å². The Bertz CT molecular complexity index is 817. The molecule has 4 N–H and O–H groups in total. The van der Waals surface area contributed by atoms with Crippen LogP contribution in [0.5, 0.6) is 0 Å². The molecule has 1 aromatic carbocycles. The molecule has 0 bridgehead atoms. The van der Waals surface area contributed by atoms with Crippen LogP contribution in [0.15, 0.2) is 42.5 Å². The lowest BCUT2D eigenvalue weighted by atomic mass is 9.98. The third kappa shape index (κ3) is 9.34. The van der Waals surface area contributed by atoms with Gasteiger partial charge in [0.1, 0.15) is 0 Å². The molecule has 0 fully saturated rings. The number of hydrogen-bond donors (Lipinski definition) is 3. The van der Waals surface area contributed by atoms with Gasteiger partial charge in [-0.25, -0.2) is 4.57 Å². The SMILES string of the molecule is CC(N)(CCc1ccc(C#CCCCc2ccccc2)s1)COP(=O)(O)O. The molecular formula is C20H26NO4PS. The van der Waals surface area contributed by atoms with E-state index in [9.17, 15) is 4.57 Å². The average Bonchev–Trinajstić information content (AvgIpc) is 3.07. The van der Waals surface area contributed by atoms with E-state index in [2.05, 4.69) is 40.6 Å². The number of aryl methyl sites for hydroxylation is 2. The number of thiophene rings is 1. The van der Waals surface area contributed by atoms with E-state index in [0.29, 0.717) is 6.42 Å². The van der Waals surface area contributed by atoms with Gasteiger partial charge in [-0.05, 0) is 50.3 Å². The summed E-state index contributed by atoms with van der Waals surface area (Å²) >= 11 is 1.63. The number of phosphoric ester groups is 1. The maximum Gasteiger partial charge on any atom is 0.469 e. The van der Waals surface area contributed by atoms with Crippen LogP contribution in [-0.4, -0.2) is 21.9 Å². The van der Waals surface area contributed by atoms with Gasteiger partial charge in [0.15, 0.2) is 0 Å². The van der Waals surface area contributed by atoms with Crippen LogP contribution >= 0.6 is 19.2 Å². The normalized spacial score (nSPS) is 13.6. The highest BCUT2D eigenvalue weighted by Gasteiger charge is 2.24. The number of hydrogen-bond acceptors (Lipinski definition) is 4. The molecule has 0 aliphatic carbocycles. The average molecular weight is 407 g/mol. The van der Waals surface area contributed by atoms with E-state index in [1.54, 1.807) is 18.3 Å². The molecule has 5 nitrogen and oxygen atoms in total. The molecule has 0 aliphatic heterocycles. The van der Waals surface area contributed by atoms with E-state index >= 15 is 0 Å². The topological polar surface area (TPSA) is 92.8 Å². The lowest BCUT2D eigenvalue weighted by molar-refractivity contribution is 0.154. The van der Waals surface area contributed by atoms with Gasteiger partial charge >= 0.3 is 7.82 Å². The summed E-state index contributed by atoms with van der Waals surface area (Å²) in [5.41, 5.74) is 6.59. The maximum absolute atomic E-state index is 10.8. The first kappa shape index (κ1) is 21.8. The maximum atomic E-state index is 10.8. The van der Waals surface area contributed by atoms with Crippen LogP contribution in [0.25, 0.3) is 0 Å². The summed E-state index contributed by atoms with van der Waals surface area (Å²) in [5.74, 6) is 6.43. The molecule has 1 heterocycles. The first-order valence-electron chi connectivity index (χ1n) is 8.84. The molecule has 7 heteroatoms. The highest BCUT2D eigenvalue weighted by molar-refractivity contribution is 7.46. The highest BCUT2D eigenvalue weighted by Crippen LogP contribution is 2.37. The summed E-state index contributed by atoms with van der Waals surface area (Å²) in [4.78, 5) is 19.7. The lowest BCUT2D eigenvalue weighted by Crippen LogP contribution is -2.41. The van der Waals surface area contributed by atoms with Crippen molar-refractivity contribution in [2.24, 2.45) is 5.73 Å². The monoisotopic (exact) mass is 407 g/mol. The molecule has 146 valence electrons. The Kier molecular flexibility index (Phi) is 8.25. The fourth-order valence-corrected chi connectivity index (χ4v) is 3.81. The lowest BCUT2D eigenvalue weighted by Gasteiger charge is -2.24. The Hall–Kier alpha value is -1.45. The van der Waals surface area contributed by atoms with E-state index in [4.69, 9.17) is 15.5 Å². The van der Waals surface area contributed by atoms with Crippen LogP contribution in [-0.2, 0) is 21.9 Å². The fraction of sp³-hybridized carbons (Fsp3) is 0.400.